The first-order valence-corrected chi connectivity index (χ1v) is 13.2. The summed E-state index contributed by atoms with van der Waals surface area (Å²) < 4.78 is 1.63. The van der Waals surface area contributed by atoms with Gasteiger partial charge in [0.15, 0.2) is 11.6 Å². The Morgan fingerprint density at radius 1 is 1.03 bits per heavy atom. The lowest BCUT2D eigenvalue weighted by Gasteiger charge is -2.49. The smallest absolute Gasteiger partial charge is 0.196 e. The number of nitrogens with zero attached hydrogens (tertiary/aromatic N) is 8. The molecule has 0 radical (unpaired) electrons. The highest BCUT2D eigenvalue weighted by Crippen LogP contribution is 2.30. The Morgan fingerprint density at radius 2 is 1.81 bits per heavy atom. The zero-order valence-corrected chi connectivity index (χ0v) is 22.0. The van der Waals surface area contributed by atoms with Crippen LogP contribution in [0.25, 0.3) is 17.1 Å². The van der Waals surface area contributed by atoms with Gasteiger partial charge in [0.05, 0.1) is 18.1 Å². The maximum absolute atomic E-state index is 11.0. The SMILES string of the molecule is Cc1cc(-c2cnc(N)c(-n3cc(C(O)N4CC(N5CCN(C)CC5)C4)cn3)n2)cc2c1CCN(C)C2. The monoisotopic (exact) mass is 503 g/mol. The lowest BCUT2D eigenvalue weighted by atomic mass is 9.92. The molecule has 5 heterocycles. The first-order valence-electron chi connectivity index (χ1n) is 13.2. The molecule has 0 bridgehead atoms. The predicted octanol–water partition coefficient (Wildman–Crippen LogP) is 1.13. The highest BCUT2D eigenvalue weighted by atomic mass is 16.3. The predicted molar refractivity (Wildman–Crippen MR) is 143 cm³/mol. The van der Waals surface area contributed by atoms with E-state index in [1.807, 2.05) is 6.20 Å². The molecule has 0 aliphatic carbocycles. The molecule has 0 spiro atoms. The molecule has 2 aromatic heterocycles. The molecule has 1 aromatic carbocycles. The second-order valence-corrected chi connectivity index (χ2v) is 10.9. The van der Waals surface area contributed by atoms with E-state index in [1.165, 1.54) is 16.7 Å². The van der Waals surface area contributed by atoms with Crippen LogP contribution >= 0.6 is 0 Å². The fourth-order valence-corrected chi connectivity index (χ4v) is 5.81. The third kappa shape index (κ3) is 4.75. The summed E-state index contributed by atoms with van der Waals surface area (Å²) in [6.45, 7) is 10.3. The Hall–Kier alpha value is -2.89. The van der Waals surface area contributed by atoms with Gasteiger partial charge >= 0.3 is 0 Å². The second kappa shape index (κ2) is 9.77. The molecule has 6 rings (SSSR count). The quantitative estimate of drug-likeness (QED) is 0.530. The van der Waals surface area contributed by atoms with E-state index in [1.54, 1.807) is 17.1 Å². The number of hydrogen-bond donors (Lipinski definition) is 2. The zero-order valence-electron chi connectivity index (χ0n) is 22.0. The van der Waals surface area contributed by atoms with Gasteiger partial charge in [-0.2, -0.15) is 5.10 Å². The normalized spacial score (nSPS) is 21.1. The zero-order chi connectivity index (χ0) is 25.7. The largest absolute Gasteiger partial charge is 0.381 e. The number of aliphatic hydroxyl groups excluding tert-OH is 1. The Bertz CT molecular complexity index is 1280. The highest BCUT2D eigenvalue weighted by Gasteiger charge is 2.37. The van der Waals surface area contributed by atoms with Crippen molar-refractivity contribution in [3.63, 3.8) is 0 Å². The van der Waals surface area contributed by atoms with Crippen LogP contribution < -0.4 is 5.73 Å². The van der Waals surface area contributed by atoms with Gasteiger partial charge in [0, 0.05) is 75.7 Å². The Labute approximate surface area is 218 Å². The van der Waals surface area contributed by atoms with Gasteiger partial charge in [0.25, 0.3) is 0 Å². The van der Waals surface area contributed by atoms with Gasteiger partial charge in [-0.1, -0.05) is 0 Å². The molecule has 1 unspecified atom stereocenters. The van der Waals surface area contributed by atoms with E-state index >= 15 is 0 Å². The number of aromatic nitrogens is 4. The number of hydrogen-bond acceptors (Lipinski definition) is 9. The molecule has 0 amide bonds. The van der Waals surface area contributed by atoms with Crippen LogP contribution in [0, 0.1) is 6.92 Å². The fourth-order valence-electron chi connectivity index (χ4n) is 5.81. The molecular formula is C27H37N9O. The minimum absolute atomic E-state index is 0.307. The average molecular weight is 504 g/mol. The molecule has 1 atom stereocenters. The summed E-state index contributed by atoms with van der Waals surface area (Å²) in [6, 6.07) is 4.92. The number of nitrogen functional groups attached to an aromatic ring is 1. The molecule has 3 aliphatic heterocycles. The van der Waals surface area contributed by atoms with Gasteiger partial charge in [-0.15, -0.1) is 0 Å². The Kier molecular flexibility index (Phi) is 6.46. The Balaban J connectivity index is 1.18. The van der Waals surface area contributed by atoms with Crippen molar-refractivity contribution < 1.29 is 5.11 Å². The van der Waals surface area contributed by atoms with Crippen LogP contribution in [0.3, 0.4) is 0 Å². The van der Waals surface area contributed by atoms with Gasteiger partial charge in [0.2, 0.25) is 0 Å². The van der Waals surface area contributed by atoms with E-state index in [4.69, 9.17) is 10.7 Å². The molecule has 2 fully saturated rings. The van der Waals surface area contributed by atoms with Gasteiger partial charge < -0.3 is 20.6 Å². The third-order valence-electron chi connectivity index (χ3n) is 8.23. The van der Waals surface area contributed by atoms with Gasteiger partial charge in [-0.25, -0.2) is 14.6 Å². The van der Waals surface area contributed by atoms with E-state index in [-0.39, 0.29) is 0 Å². The summed E-state index contributed by atoms with van der Waals surface area (Å²) in [6.07, 6.45) is 5.60. The van der Waals surface area contributed by atoms with Crippen molar-refractivity contribution >= 4 is 5.82 Å². The van der Waals surface area contributed by atoms with Gasteiger partial charge in [-0.3, -0.25) is 9.80 Å². The van der Waals surface area contributed by atoms with Crippen molar-refractivity contribution in [3.05, 3.63) is 53.0 Å². The van der Waals surface area contributed by atoms with E-state index in [2.05, 4.69) is 62.8 Å². The number of likely N-dealkylation sites (tertiary alicyclic amines) is 1. The Morgan fingerprint density at radius 3 is 2.59 bits per heavy atom. The molecule has 3 aromatic rings. The summed E-state index contributed by atoms with van der Waals surface area (Å²) in [5, 5.41) is 15.5. The number of anilines is 1. The number of likely N-dealkylation sites (N-methyl/N-ethyl adjacent to an activating group) is 2. The summed E-state index contributed by atoms with van der Waals surface area (Å²) in [5.41, 5.74) is 12.8. The first kappa shape index (κ1) is 24.4. The fraction of sp³-hybridized carbons (Fsp3) is 0.519. The van der Waals surface area contributed by atoms with E-state index in [0.717, 1.165) is 75.6 Å². The second-order valence-electron chi connectivity index (χ2n) is 10.9. The molecule has 10 heteroatoms. The number of piperazine rings is 1. The highest BCUT2D eigenvalue weighted by molar-refractivity contribution is 5.65. The number of nitrogens with two attached hydrogens (primary N) is 1. The number of aliphatic hydroxyl groups is 1. The molecule has 3 aliphatic rings. The van der Waals surface area contributed by atoms with Crippen molar-refractivity contribution in [3.8, 4) is 17.1 Å². The lowest BCUT2D eigenvalue weighted by Crippen LogP contribution is -2.63. The number of aryl methyl sites for hydroxylation is 1. The molecule has 2 saturated heterocycles. The van der Waals surface area contributed by atoms with Crippen molar-refractivity contribution in [1.29, 1.82) is 0 Å². The summed E-state index contributed by atoms with van der Waals surface area (Å²) in [5.74, 6) is 0.781. The van der Waals surface area contributed by atoms with E-state index in [0.29, 0.717) is 17.7 Å². The lowest BCUT2D eigenvalue weighted by molar-refractivity contribution is -0.0888. The molecule has 0 saturated carbocycles. The van der Waals surface area contributed by atoms with Crippen molar-refractivity contribution in [2.45, 2.75) is 32.2 Å². The van der Waals surface area contributed by atoms with Crippen LogP contribution in [0.1, 0.15) is 28.5 Å². The van der Waals surface area contributed by atoms with Crippen molar-refractivity contribution in [2.75, 3.05) is 65.6 Å². The van der Waals surface area contributed by atoms with Crippen LogP contribution in [0.5, 0.6) is 0 Å². The summed E-state index contributed by atoms with van der Waals surface area (Å²) >= 11 is 0. The number of rotatable bonds is 5. The summed E-state index contributed by atoms with van der Waals surface area (Å²) in [4.78, 5) is 18.6. The van der Waals surface area contributed by atoms with Crippen LogP contribution in [-0.2, 0) is 13.0 Å². The van der Waals surface area contributed by atoms with Crippen molar-refractivity contribution in [1.82, 2.24) is 39.3 Å². The minimum Gasteiger partial charge on any atom is -0.381 e. The summed E-state index contributed by atoms with van der Waals surface area (Å²) in [7, 11) is 4.33. The molecule has 10 nitrogen and oxygen atoms in total. The van der Waals surface area contributed by atoms with E-state index < -0.39 is 6.23 Å². The third-order valence-corrected chi connectivity index (χ3v) is 8.23. The molecule has 37 heavy (non-hydrogen) atoms. The standard InChI is InChI=1S/C27H37N9O/c1-18-10-19(11-20-14-33(3)5-4-23(18)20)24-13-29-25(28)26(31-24)36-15-21(12-30-36)27(37)35-16-22(17-35)34-8-6-32(2)7-9-34/h10-13,15,22,27,37H,4-9,14,16-17H2,1-3H3,(H2,28,29). The van der Waals surface area contributed by atoms with Gasteiger partial charge in [0.1, 0.15) is 6.23 Å². The maximum atomic E-state index is 11.0. The van der Waals surface area contributed by atoms with Crippen LogP contribution in [0.4, 0.5) is 5.82 Å². The first-order chi connectivity index (χ1) is 17.9. The van der Waals surface area contributed by atoms with Crippen molar-refractivity contribution in [2.24, 2.45) is 0 Å². The maximum Gasteiger partial charge on any atom is 0.196 e. The van der Waals surface area contributed by atoms with Crippen LogP contribution in [0.15, 0.2) is 30.7 Å². The number of benzene rings is 1. The molecule has 196 valence electrons. The van der Waals surface area contributed by atoms with Crippen LogP contribution in [0.2, 0.25) is 0 Å². The molecular weight excluding hydrogens is 466 g/mol. The molecule has 3 N–H and O–H groups in total. The van der Waals surface area contributed by atoms with Gasteiger partial charge in [-0.05, 0) is 56.3 Å². The van der Waals surface area contributed by atoms with Crippen LogP contribution in [-0.4, -0.2) is 110 Å². The minimum atomic E-state index is -0.699. The van der Waals surface area contributed by atoms with E-state index in [9.17, 15) is 5.11 Å². The average Bonchev–Trinajstić information content (AvgIpc) is 3.34. The number of fused-ring (bicyclic) bond motifs is 1. The topological polar surface area (TPSA) is 103 Å².